The molecule has 180 valence electrons. The van der Waals surface area contributed by atoms with E-state index in [0.717, 1.165) is 25.7 Å². The van der Waals surface area contributed by atoms with Gasteiger partial charge in [-0.15, -0.1) is 0 Å². The van der Waals surface area contributed by atoms with E-state index in [4.69, 9.17) is 9.57 Å². The summed E-state index contributed by atoms with van der Waals surface area (Å²) < 4.78 is 5.48. The molecule has 0 bridgehead atoms. The lowest BCUT2D eigenvalue weighted by Crippen LogP contribution is -2.55. The van der Waals surface area contributed by atoms with Crippen molar-refractivity contribution in [1.29, 1.82) is 0 Å². The average Bonchev–Trinajstić information content (AvgIpc) is 3.25. The highest BCUT2D eigenvalue weighted by Crippen LogP contribution is 2.59. The fourth-order valence-corrected chi connectivity index (χ4v) is 8.04. The lowest BCUT2D eigenvalue weighted by atomic mass is 9.63. The second-order valence-corrected chi connectivity index (χ2v) is 11.4. The number of fused-ring (bicyclic) bond motifs is 1. The van der Waals surface area contributed by atoms with Crippen LogP contribution in [-0.4, -0.2) is 70.2 Å². The number of hydroxylamine groups is 1. The first-order valence-corrected chi connectivity index (χ1v) is 12.3. The topological polar surface area (TPSA) is 111 Å². The summed E-state index contributed by atoms with van der Waals surface area (Å²) >= 11 is 0. The SMILES string of the molecule is COC1CC(C2CC(CO)(C3CCC(C)C4C(C)CC(O)C4(C)[C@@H]3O)ON2)CCC1O. The third kappa shape index (κ3) is 3.78. The number of aliphatic hydroxyl groups excluding tert-OH is 4. The predicted octanol–water partition coefficient (Wildman–Crippen LogP) is 1.62. The van der Waals surface area contributed by atoms with Gasteiger partial charge in [0.2, 0.25) is 0 Å². The molecule has 11 unspecified atom stereocenters. The van der Waals surface area contributed by atoms with Gasteiger partial charge >= 0.3 is 0 Å². The van der Waals surface area contributed by atoms with E-state index in [-0.39, 0.29) is 36.5 Å². The molecule has 1 saturated heterocycles. The molecular weight excluding hydrogens is 398 g/mol. The number of hydrogen-bond acceptors (Lipinski definition) is 7. The summed E-state index contributed by atoms with van der Waals surface area (Å²) in [6, 6.07) is 0.0428. The van der Waals surface area contributed by atoms with Crippen molar-refractivity contribution in [3.63, 3.8) is 0 Å². The summed E-state index contributed by atoms with van der Waals surface area (Å²) in [5, 5.41) is 43.4. The fraction of sp³-hybridized carbons (Fsp3) is 1.00. The van der Waals surface area contributed by atoms with Crippen LogP contribution in [0.1, 0.15) is 65.7 Å². The second kappa shape index (κ2) is 8.82. The molecule has 0 aromatic rings. The molecule has 0 radical (unpaired) electrons. The van der Waals surface area contributed by atoms with Crippen LogP contribution >= 0.6 is 0 Å². The van der Waals surface area contributed by atoms with Crippen LogP contribution < -0.4 is 5.48 Å². The van der Waals surface area contributed by atoms with Gasteiger partial charge < -0.3 is 25.2 Å². The number of hydrogen-bond donors (Lipinski definition) is 5. The molecule has 12 atom stereocenters. The lowest BCUT2D eigenvalue weighted by Gasteiger charge is -2.46. The predicted molar refractivity (Wildman–Crippen MR) is 116 cm³/mol. The van der Waals surface area contributed by atoms with Crippen molar-refractivity contribution in [1.82, 2.24) is 5.48 Å². The van der Waals surface area contributed by atoms with E-state index in [0.29, 0.717) is 31.1 Å². The van der Waals surface area contributed by atoms with Gasteiger partial charge in [-0.3, -0.25) is 4.84 Å². The largest absolute Gasteiger partial charge is 0.393 e. The van der Waals surface area contributed by atoms with Crippen molar-refractivity contribution in [2.45, 2.75) is 102 Å². The molecule has 7 heteroatoms. The summed E-state index contributed by atoms with van der Waals surface area (Å²) in [5.74, 6) is 1.05. The number of methoxy groups -OCH3 is 1. The Kier molecular flexibility index (Phi) is 6.79. The van der Waals surface area contributed by atoms with Crippen molar-refractivity contribution in [2.24, 2.45) is 35.0 Å². The smallest absolute Gasteiger partial charge is 0.119 e. The zero-order chi connectivity index (χ0) is 22.6. The van der Waals surface area contributed by atoms with Gasteiger partial charge in [0.05, 0.1) is 31.0 Å². The molecule has 0 aromatic heterocycles. The third-order valence-electron chi connectivity index (χ3n) is 9.80. The Morgan fingerprint density at radius 3 is 2.45 bits per heavy atom. The maximum Gasteiger partial charge on any atom is 0.119 e. The van der Waals surface area contributed by atoms with Crippen LogP contribution in [0.25, 0.3) is 0 Å². The normalized spacial score (nSPS) is 55.7. The number of rotatable bonds is 4. The van der Waals surface area contributed by atoms with Crippen molar-refractivity contribution in [3.05, 3.63) is 0 Å². The van der Waals surface area contributed by atoms with E-state index in [1.165, 1.54) is 0 Å². The van der Waals surface area contributed by atoms with Crippen LogP contribution in [0.4, 0.5) is 0 Å². The highest BCUT2D eigenvalue weighted by molar-refractivity contribution is 5.11. The van der Waals surface area contributed by atoms with Crippen LogP contribution in [0.15, 0.2) is 0 Å². The molecule has 4 aliphatic rings. The maximum atomic E-state index is 11.7. The molecule has 7 nitrogen and oxygen atoms in total. The first-order valence-electron chi connectivity index (χ1n) is 12.3. The molecule has 3 saturated carbocycles. The van der Waals surface area contributed by atoms with Crippen LogP contribution in [0, 0.1) is 35.0 Å². The molecule has 1 aliphatic heterocycles. The quantitative estimate of drug-likeness (QED) is 0.451. The van der Waals surface area contributed by atoms with E-state index >= 15 is 0 Å². The fourth-order valence-electron chi connectivity index (χ4n) is 8.04. The Labute approximate surface area is 186 Å². The van der Waals surface area contributed by atoms with Crippen molar-refractivity contribution >= 4 is 0 Å². The first-order chi connectivity index (χ1) is 14.7. The van der Waals surface area contributed by atoms with Gasteiger partial charge in [0, 0.05) is 24.5 Å². The number of nitrogens with one attached hydrogen (secondary N) is 1. The highest BCUT2D eigenvalue weighted by Gasteiger charge is 2.63. The molecule has 5 N–H and O–H groups in total. The third-order valence-corrected chi connectivity index (χ3v) is 9.80. The minimum Gasteiger partial charge on any atom is -0.393 e. The molecule has 31 heavy (non-hydrogen) atoms. The molecular formula is C24H43NO6. The van der Waals surface area contributed by atoms with Crippen LogP contribution in [0.2, 0.25) is 0 Å². The summed E-state index contributed by atoms with van der Waals surface area (Å²) in [5.41, 5.74) is 1.73. The Hall–Kier alpha value is -0.280. The van der Waals surface area contributed by atoms with Crippen LogP contribution in [0.3, 0.4) is 0 Å². The van der Waals surface area contributed by atoms with Crippen LogP contribution in [0.5, 0.6) is 0 Å². The number of aliphatic hydroxyl groups is 4. The van der Waals surface area contributed by atoms with Gasteiger partial charge in [0.25, 0.3) is 0 Å². The van der Waals surface area contributed by atoms with Gasteiger partial charge in [-0.05, 0) is 68.6 Å². The van der Waals surface area contributed by atoms with E-state index < -0.39 is 29.3 Å². The summed E-state index contributed by atoms with van der Waals surface area (Å²) in [6.45, 7) is 6.31. The molecule has 0 aromatic carbocycles. The zero-order valence-corrected chi connectivity index (χ0v) is 19.5. The van der Waals surface area contributed by atoms with E-state index in [1.54, 1.807) is 7.11 Å². The minimum atomic E-state index is -0.869. The van der Waals surface area contributed by atoms with Gasteiger partial charge in [0.15, 0.2) is 0 Å². The molecule has 3 aliphatic carbocycles. The van der Waals surface area contributed by atoms with E-state index in [1.807, 2.05) is 6.92 Å². The van der Waals surface area contributed by atoms with Gasteiger partial charge in [-0.2, -0.15) is 5.48 Å². The summed E-state index contributed by atoms with van der Waals surface area (Å²) in [7, 11) is 1.64. The minimum absolute atomic E-state index is 0.0428. The monoisotopic (exact) mass is 441 g/mol. The molecule has 1 heterocycles. The van der Waals surface area contributed by atoms with E-state index in [9.17, 15) is 20.4 Å². The first kappa shape index (κ1) is 23.9. The van der Waals surface area contributed by atoms with Crippen molar-refractivity contribution in [3.8, 4) is 0 Å². The molecule has 4 rings (SSSR count). The lowest BCUT2D eigenvalue weighted by molar-refractivity contribution is -0.178. The van der Waals surface area contributed by atoms with Crippen molar-refractivity contribution < 1.29 is 30.0 Å². The Balaban J connectivity index is 1.56. The molecule has 0 amide bonds. The van der Waals surface area contributed by atoms with Gasteiger partial charge in [0.1, 0.15) is 5.60 Å². The van der Waals surface area contributed by atoms with Gasteiger partial charge in [-0.25, -0.2) is 0 Å². The van der Waals surface area contributed by atoms with E-state index in [2.05, 4.69) is 19.3 Å². The Morgan fingerprint density at radius 1 is 1.03 bits per heavy atom. The average molecular weight is 442 g/mol. The summed E-state index contributed by atoms with van der Waals surface area (Å²) in [4.78, 5) is 6.16. The summed E-state index contributed by atoms with van der Waals surface area (Å²) in [6.07, 6.45) is 3.48. The molecule has 0 spiro atoms. The Bertz CT molecular complexity index is 635. The highest BCUT2D eigenvalue weighted by atomic mass is 16.7. The zero-order valence-electron chi connectivity index (χ0n) is 19.5. The van der Waals surface area contributed by atoms with Gasteiger partial charge in [-0.1, -0.05) is 20.8 Å². The number of ether oxygens (including phenoxy) is 1. The molecule has 4 fully saturated rings. The van der Waals surface area contributed by atoms with Crippen LogP contribution in [-0.2, 0) is 9.57 Å². The second-order valence-electron chi connectivity index (χ2n) is 11.4. The standard InChI is InChI=1S/C24H43NO6/c1-13-5-7-16(22(29)23(3)20(28)9-14(2)21(13)23)24(12-26)11-17(25-31-24)15-6-8-18(27)19(10-15)30-4/h13-22,25-29H,5-12H2,1-4H3/t13?,14?,15?,16?,17?,18?,19?,20?,21?,22-,23?,24?/m1/s1. The van der Waals surface area contributed by atoms with Crippen molar-refractivity contribution in [2.75, 3.05) is 13.7 Å². The maximum absolute atomic E-state index is 11.7. The Morgan fingerprint density at radius 2 is 1.77 bits per heavy atom.